The molecular weight excluding hydrogens is 258 g/mol. The molecule has 2 rings (SSSR count). The Hall–Kier alpha value is -0.900. The standard InChI is InChI=1S/C15H19NS2/c1-4-16(3)12(2)11-13(14-7-5-9-17-14)15-8-6-10-18-15/h5-12H,4H2,1-3H3/t12-/m1/s1. The van der Waals surface area contributed by atoms with Gasteiger partial charge in [0.25, 0.3) is 0 Å². The molecule has 0 aliphatic carbocycles. The molecule has 96 valence electrons. The predicted molar refractivity (Wildman–Crippen MR) is 83.5 cm³/mol. The summed E-state index contributed by atoms with van der Waals surface area (Å²) in [5.41, 5.74) is 1.37. The molecule has 0 N–H and O–H groups in total. The van der Waals surface area contributed by atoms with Crippen molar-refractivity contribution in [2.24, 2.45) is 0 Å². The fraction of sp³-hybridized carbons (Fsp3) is 0.333. The van der Waals surface area contributed by atoms with Crippen molar-refractivity contribution in [3.63, 3.8) is 0 Å². The van der Waals surface area contributed by atoms with Gasteiger partial charge >= 0.3 is 0 Å². The molecule has 0 saturated carbocycles. The van der Waals surface area contributed by atoms with Gasteiger partial charge in [0.05, 0.1) is 0 Å². The first-order valence-electron chi connectivity index (χ1n) is 6.22. The highest BCUT2D eigenvalue weighted by Crippen LogP contribution is 2.31. The van der Waals surface area contributed by atoms with Crippen LogP contribution in [0.2, 0.25) is 0 Å². The van der Waals surface area contributed by atoms with Crippen LogP contribution in [0.5, 0.6) is 0 Å². The van der Waals surface area contributed by atoms with Crippen molar-refractivity contribution >= 4 is 28.2 Å². The Balaban J connectivity index is 2.34. The maximum Gasteiger partial charge on any atom is 0.0354 e. The van der Waals surface area contributed by atoms with Crippen LogP contribution in [0.15, 0.2) is 41.1 Å². The van der Waals surface area contributed by atoms with E-state index in [1.54, 1.807) is 0 Å². The van der Waals surface area contributed by atoms with Crippen molar-refractivity contribution in [3.8, 4) is 0 Å². The minimum atomic E-state index is 0.453. The first-order chi connectivity index (χ1) is 8.72. The fourth-order valence-electron chi connectivity index (χ4n) is 1.81. The molecule has 18 heavy (non-hydrogen) atoms. The first-order valence-corrected chi connectivity index (χ1v) is 7.98. The van der Waals surface area contributed by atoms with Crippen molar-refractivity contribution in [1.29, 1.82) is 0 Å². The van der Waals surface area contributed by atoms with Crippen LogP contribution >= 0.6 is 22.7 Å². The molecule has 0 unspecified atom stereocenters. The third-order valence-electron chi connectivity index (χ3n) is 3.18. The molecule has 1 atom stereocenters. The Labute approximate surface area is 117 Å². The molecule has 2 aromatic heterocycles. The lowest BCUT2D eigenvalue weighted by atomic mass is 10.1. The monoisotopic (exact) mass is 277 g/mol. The number of rotatable bonds is 5. The molecule has 0 aliphatic rings. The van der Waals surface area contributed by atoms with Crippen LogP contribution in [0.3, 0.4) is 0 Å². The molecule has 0 fully saturated rings. The van der Waals surface area contributed by atoms with Crippen LogP contribution in [-0.4, -0.2) is 24.5 Å². The Bertz CT molecular complexity index is 446. The number of hydrogen-bond donors (Lipinski definition) is 0. The summed E-state index contributed by atoms with van der Waals surface area (Å²) >= 11 is 3.62. The Morgan fingerprint density at radius 3 is 2.17 bits per heavy atom. The van der Waals surface area contributed by atoms with E-state index in [1.165, 1.54) is 15.3 Å². The normalized spacial score (nSPS) is 12.7. The SMILES string of the molecule is CCN(C)[C@H](C)C=C(c1cccs1)c1cccs1. The van der Waals surface area contributed by atoms with Crippen LogP contribution in [-0.2, 0) is 0 Å². The average Bonchev–Trinajstić information content (AvgIpc) is 3.06. The predicted octanol–water partition coefficient (Wildman–Crippen LogP) is 4.58. The van der Waals surface area contributed by atoms with Gasteiger partial charge < -0.3 is 4.90 Å². The van der Waals surface area contributed by atoms with Gasteiger partial charge in [-0.2, -0.15) is 0 Å². The molecule has 0 aliphatic heterocycles. The van der Waals surface area contributed by atoms with Gasteiger partial charge in [0, 0.05) is 21.4 Å². The minimum absolute atomic E-state index is 0.453. The summed E-state index contributed by atoms with van der Waals surface area (Å²) in [5.74, 6) is 0. The van der Waals surface area contributed by atoms with E-state index in [2.05, 4.69) is 66.9 Å². The molecule has 1 nitrogen and oxygen atoms in total. The van der Waals surface area contributed by atoms with E-state index >= 15 is 0 Å². The van der Waals surface area contributed by atoms with Crippen LogP contribution in [0, 0.1) is 0 Å². The Morgan fingerprint density at radius 2 is 1.78 bits per heavy atom. The van der Waals surface area contributed by atoms with E-state index in [1.807, 2.05) is 22.7 Å². The smallest absolute Gasteiger partial charge is 0.0354 e. The van der Waals surface area contributed by atoms with Crippen LogP contribution in [0.4, 0.5) is 0 Å². The minimum Gasteiger partial charge on any atom is -0.300 e. The van der Waals surface area contributed by atoms with Gasteiger partial charge in [-0.25, -0.2) is 0 Å². The van der Waals surface area contributed by atoms with Crippen molar-refractivity contribution in [3.05, 3.63) is 50.9 Å². The second-order valence-corrected chi connectivity index (χ2v) is 6.24. The summed E-state index contributed by atoms with van der Waals surface area (Å²) in [6.07, 6.45) is 2.38. The van der Waals surface area contributed by atoms with Crippen molar-refractivity contribution in [2.45, 2.75) is 19.9 Å². The zero-order valence-corrected chi connectivity index (χ0v) is 12.7. The maximum atomic E-state index is 2.38. The molecule has 0 spiro atoms. The van der Waals surface area contributed by atoms with Gasteiger partial charge in [0.2, 0.25) is 0 Å². The summed E-state index contributed by atoms with van der Waals surface area (Å²) in [5, 5.41) is 4.29. The number of hydrogen-bond acceptors (Lipinski definition) is 3. The molecule has 0 bridgehead atoms. The van der Waals surface area contributed by atoms with E-state index in [4.69, 9.17) is 0 Å². The van der Waals surface area contributed by atoms with E-state index in [0.717, 1.165) is 6.54 Å². The van der Waals surface area contributed by atoms with Crippen LogP contribution in [0.25, 0.3) is 5.57 Å². The zero-order valence-electron chi connectivity index (χ0n) is 11.1. The molecule has 0 radical (unpaired) electrons. The van der Waals surface area contributed by atoms with Gasteiger partial charge in [-0.3, -0.25) is 0 Å². The zero-order chi connectivity index (χ0) is 13.0. The van der Waals surface area contributed by atoms with E-state index in [9.17, 15) is 0 Å². The summed E-state index contributed by atoms with van der Waals surface area (Å²) in [6, 6.07) is 9.10. The van der Waals surface area contributed by atoms with Gasteiger partial charge in [-0.05, 0) is 43.4 Å². The highest BCUT2D eigenvalue weighted by Gasteiger charge is 2.11. The number of nitrogens with zero attached hydrogens (tertiary/aromatic N) is 1. The summed E-state index contributed by atoms with van der Waals surface area (Å²) in [7, 11) is 2.17. The van der Waals surface area contributed by atoms with E-state index in [0.29, 0.717) is 6.04 Å². The molecule has 2 aromatic rings. The van der Waals surface area contributed by atoms with Gasteiger partial charge in [-0.1, -0.05) is 25.1 Å². The summed E-state index contributed by atoms with van der Waals surface area (Å²) in [4.78, 5) is 5.06. The summed E-state index contributed by atoms with van der Waals surface area (Å²) in [6.45, 7) is 5.52. The molecule has 0 aromatic carbocycles. The molecule has 2 heterocycles. The van der Waals surface area contributed by atoms with Crippen molar-refractivity contribution in [2.75, 3.05) is 13.6 Å². The van der Waals surface area contributed by atoms with Crippen molar-refractivity contribution < 1.29 is 0 Å². The lowest BCUT2D eigenvalue weighted by molar-refractivity contribution is 0.314. The third kappa shape index (κ3) is 3.10. The molecular formula is C15H19NS2. The number of thiophene rings is 2. The van der Waals surface area contributed by atoms with Gasteiger partial charge in [0.1, 0.15) is 0 Å². The lowest BCUT2D eigenvalue weighted by Crippen LogP contribution is -2.27. The van der Waals surface area contributed by atoms with Crippen LogP contribution < -0.4 is 0 Å². The molecule has 0 amide bonds. The van der Waals surface area contributed by atoms with Crippen LogP contribution in [0.1, 0.15) is 23.6 Å². The highest BCUT2D eigenvalue weighted by atomic mass is 32.1. The van der Waals surface area contributed by atoms with E-state index in [-0.39, 0.29) is 0 Å². The third-order valence-corrected chi connectivity index (χ3v) is 4.98. The quantitative estimate of drug-likeness (QED) is 0.773. The lowest BCUT2D eigenvalue weighted by Gasteiger charge is -2.21. The average molecular weight is 277 g/mol. The molecule has 3 heteroatoms. The Kier molecular flexibility index (Phi) is 4.75. The maximum absolute atomic E-state index is 2.38. The van der Waals surface area contributed by atoms with Gasteiger partial charge in [0.15, 0.2) is 0 Å². The van der Waals surface area contributed by atoms with Crippen molar-refractivity contribution in [1.82, 2.24) is 4.90 Å². The largest absolute Gasteiger partial charge is 0.300 e. The second-order valence-electron chi connectivity index (χ2n) is 4.35. The molecule has 0 saturated heterocycles. The second kappa shape index (κ2) is 6.32. The fourth-order valence-corrected chi connectivity index (χ4v) is 3.40. The first kappa shape index (κ1) is 13.5. The van der Waals surface area contributed by atoms with E-state index < -0.39 is 0 Å². The highest BCUT2D eigenvalue weighted by molar-refractivity contribution is 7.13. The number of likely N-dealkylation sites (N-methyl/N-ethyl adjacent to an activating group) is 1. The van der Waals surface area contributed by atoms with Gasteiger partial charge in [-0.15, -0.1) is 22.7 Å². The Morgan fingerprint density at radius 1 is 1.22 bits per heavy atom. The topological polar surface area (TPSA) is 3.24 Å². The summed E-state index contributed by atoms with van der Waals surface area (Å²) < 4.78 is 0.